The van der Waals surface area contributed by atoms with Crippen LogP contribution in [0.15, 0.2) is 30.3 Å². The molecule has 0 saturated heterocycles. The van der Waals surface area contributed by atoms with Crippen molar-refractivity contribution in [1.82, 2.24) is 19.6 Å². The summed E-state index contributed by atoms with van der Waals surface area (Å²) >= 11 is 6.43. The summed E-state index contributed by atoms with van der Waals surface area (Å²) in [7, 11) is 0. The van der Waals surface area contributed by atoms with Crippen LogP contribution in [0.3, 0.4) is 0 Å². The Morgan fingerprint density at radius 1 is 1.11 bits per heavy atom. The van der Waals surface area contributed by atoms with E-state index in [9.17, 15) is 4.39 Å². The van der Waals surface area contributed by atoms with Crippen molar-refractivity contribution in [3.05, 3.63) is 58.1 Å². The van der Waals surface area contributed by atoms with E-state index in [2.05, 4.69) is 34.2 Å². The zero-order chi connectivity index (χ0) is 18.7. The normalized spacial score (nSPS) is 14.1. The van der Waals surface area contributed by atoms with E-state index < -0.39 is 5.82 Å². The summed E-state index contributed by atoms with van der Waals surface area (Å²) in [5.74, 6) is 1.34. The Morgan fingerprint density at radius 2 is 1.96 bits per heavy atom. The lowest BCUT2D eigenvalue weighted by Crippen LogP contribution is -2.26. The van der Waals surface area contributed by atoms with Gasteiger partial charge in [-0.25, -0.2) is 4.39 Å². The predicted octanol–water partition coefficient (Wildman–Crippen LogP) is 4.77. The predicted molar refractivity (Wildman–Crippen MR) is 104 cm³/mol. The van der Waals surface area contributed by atoms with Gasteiger partial charge in [0, 0.05) is 12.2 Å². The molecular formula is C20H17ClFN5. The summed E-state index contributed by atoms with van der Waals surface area (Å²) in [5.41, 5.74) is 4.39. The van der Waals surface area contributed by atoms with Crippen molar-refractivity contribution in [1.29, 1.82) is 0 Å². The molecule has 0 N–H and O–H groups in total. The van der Waals surface area contributed by atoms with Crippen molar-refractivity contribution in [3.8, 4) is 0 Å². The van der Waals surface area contributed by atoms with Crippen LogP contribution in [-0.2, 0) is 6.42 Å². The third-order valence-electron chi connectivity index (χ3n) is 5.29. The Morgan fingerprint density at radius 3 is 2.81 bits per heavy atom. The van der Waals surface area contributed by atoms with Crippen molar-refractivity contribution in [3.63, 3.8) is 0 Å². The second kappa shape index (κ2) is 5.89. The second-order valence-corrected chi connectivity index (χ2v) is 7.28. The Balaban J connectivity index is 1.89. The lowest BCUT2D eigenvalue weighted by atomic mass is 9.97. The molecule has 0 atom stereocenters. The molecule has 0 aliphatic carbocycles. The van der Waals surface area contributed by atoms with Crippen molar-refractivity contribution in [2.45, 2.75) is 26.7 Å². The minimum absolute atomic E-state index is 0.0739. The first kappa shape index (κ1) is 16.4. The highest BCUT2D eigenvalue weighted by Gasteiger charge is 2.25. The molecular weight excluding hydrogens is 365 g/mol. The molecule has 2 aromatic carbocycles. The van der Waals surface area contributed by atoms with Gasteiger partial charge in [0.15, 0.2) is 0 Å². The molecule has 1 aliphatic rings. The average molecular weight is 382 g/mol. The molecule has 0 amide bonds. The number of benzene rings is 2. The largest absolute Gasteiger partial charge is 0.325 e. The quantitative estimate of drug-likeness (QED) is 0.476. The number of aryl methyl sites for hydroxylation is 2. The summed E-state index contributed by atoms with van der Waals surface area (Å²) in [6, 6.07) is 9.33. The number of anilines is 2. The fourth-order valence-electron chi connectivity index (χ4n) is 4.01. The van der Waals surface area contributed by atoms with Gasteiger partial charge < -0.3 is 4.90 Å². The van der Waals surface area contributed by atoms with Crippen LogP contribution in [-0.4, -0.2) is 26.1 Å². The molecule has 0 saturated carbocycles. The molecule has 27 heavy (non-hydrogen) atoms. The van der Waals surface area contributed by atoms with Gasteiger partial charge in [-0.1, -0.05) is 23.7 Å². The summed E-state index contributed by atoms with van der Waals surface area (Å²) in [6.07, 6.45) is 2.01. The van der Waals surface area contributed by atoms with Crippen LogP contribution in [0.5, 0.6) is 0 Å². The van der Waals surface area contributed by atoms with Crippen LogP contribution in [0.1, 0.15) is 23.4 Å². The van der Waals surface area contributed by atoms with Gasteiger partial charge in [-0.2, -0.15) is 4.98 Å². The number of hydrogen-bond donors (Lipinski definition) is 0. The number of rotatable bonds is 1. The molecule has 136 valence electrons. The van der Waals surface area contributed by atoms with Crippen LogP contribution in [0.4, 0.5) is 15.9 Å². The standard InChI is InChI=1S/C20H17ClFN5/c1-11-5-3-7-15-13(11)6-4-10-26(15)19-17-16(9-8-14(22)18(17)21)27-12(2)24-25-20(27)23-19/h3,5,7-9H,4,6,10H2,1-2H3. The van der Waals surface area contributed by atoms with Crippen LogP contribution in [0.25, 0.3) is 16.7 Å². The number of hydrogen-bond acceptors (Lipinski definition) is 4. The van der Waals surface area contributed by atoms with E-state index in [0.717, 1.165) is 30.6 Å². The molecule has 7 heteroatoms. The third-order valence-corrected chi connectivity index (χ3v) is 5.66. The zero-order valence-electron chi connectivity index (χ0n) is 15.0. The molecule has 1 aliphatic heterocycles. The van der Waals surface area contributed by atoms with Gasteiger partial charge in [-0.15, -0.1) is 10.2 Å². The molecule has 5 nitrogen and oxygen atoms in total. The Kier molecular flexibility index (Phi) is 3.59. The number of aromatic nitrogens is 4. The van der Waals surface area contributed by atoms with Gasteiger partial charge in [-0.3, -0.25) is 4.40 Å². The first-order valence-electron chi connectivity index (χ1n) is 8.91. The summed E-state index contributed by atoms with van der Waals surface area (Å²) < 4.78 is 16.2. The minimum Gasteiger partial charge on any atom is -0.325 e. The lowest BCUT2D eigenvalue weighted by molar-refractivity contribution is 0.630. The molecule has 0 unspecified atom stereocenters. The number of nitrogens with zero attached hydrogens (tertiary/aromatic N) is 5. The zero-order valence-corrected chi connectivity index (χ0v) is 15.8. The van der Waals surface area contributed by atoms with E-state index in [0.29, 0.717) is 22.8 Å². The number of fused-ring (bicyclic) bond motifs is 4. The smallest absolute Gasteiger partial charge is 0.257 e. The maximum Gasteiger partial charge on any atom is 0.257 e. The topological polar surface area (TPSA) is 46.3 Å². The van der Waals surface area contributed by atoms with Crippen LogP contribution >= 0.6 is 11.6 Å². The summed E-state index contributed by atoms with van der Waals surface area (Å²) in [5, 5.41) is 8.98. The maximum absolute atomic E-state index is 14.4. The highest BCUT2D eigenvalue weighted by atomic mass is 35.5. The van der Waals surface area contributed by atoms with E-state index in [1.807, 2.05) is 17.4 Å². The van der Waals surface area contributed by atoms with E-state index in [1.165, 1.54) is 17.2 Å². The van der Waals surface area contributed by atoms with Crippen LogP contribution in [0.2, 0.25) is 5.02 Å². The second-order valence-electron chi connectivity index (χ2n) is 6.90. The molecule has 2 aromatic heterocycles. The molecule has 0 radical (unpaired) electrons. The van der Waals surface area contributed by atoms with E-state index in [1.54, 1.807) is 6.07 Å². The van der Waals surface area contributed by atoms with Gasteiger partial charge >= 0.3 is 0 Å². The fraction of sp³-hybridized carbons (Fsp3) is 0.250. The molecule has 0 bridgehead atoms. The van der Waals surface area contributed by atoms with Crippen LogP contribution in [0, 0.1) is 19.7 Å². The Hall–Kier alpha value is -2.73. The number of halogens is 2. The SMILES string of the molecule is Cc1cccc2c1CCCN2c1nc2nnc(C)n2c2ccc(F)c(Cl)c12. The van der Waals surface area contributed by atoms with Gasteiger partial charge in [-0.05, 0) is 56.0 Å². The van der Waals surface area contributed by atoms with Gasteiger partial charge in [0.05, 0.1) is 15.9 Å². The van der Waals surface area contributed by atoms with Crippen molar-refractivity contribution >= 4 is 39.8 Å². The highest BCUT2D eigenvalue weighted by molar-refractivity contribution is 6.36. The lowest BCUT2D eigenvalue weighted by Gasteiger charge is -2.32. The highest BCUT2D eigenvalue weighted by Crippen LogP contribution is 2.40. The molecule has 0 spiro atoms. The fourth-order valence-corrected chi connectivity index (χ4v) is 4.25. The van der Waals surface area contributed by atoms with Crippen molar-refractivity contribution < 1.29 is 4.39 Å². The van der Waals surface area contributed by atoms with Gasteiger partial charge in [0.1, 0.15) is 17.5 Å². The van der Waals surface area contributed by atoms with Gasteiger partial charge in [0.25, 0.3) is 5.78 Å². The van der Waals surface area contributed by atoms with E-state index in [-0.39, 0.29) is 5.02 Å². The minimum atomic E-state index is -0.459. The van der Waals surface area contributed by atoms with Gasteiger partial charge in [0.2, 0.25) is 0 Å². The monoisotopic (exact) mass is 381 g/mol. The molecule has 3 heterocycles. The molecule has 5 rings (SSSR count). The van der Waals surface area contributed by atoms with E-state index >= 15 is 0 Å². The summed E-state index contributed by atoms with van der Waals surface area (Å²) in [6.45, 7) is 4.75. The average Bonchev–Trinajstić information content (AvgIpc) is 3.05. The molecule has 0 fully saturated rings. The van der Waals surface area contributed by atoms with E-state index in [4.69, 9.17) is 16.6 Å². The Labute approximate surface area is 160 Å². The Bertz CT molecular complexity index is 1220. The van der Waals surface area contributed by atoms with Crippen LogP contribution < -0.4 is 4.90 Å². The maximum atomic E-state index is 14.4. The first-order chi connectivity index (χ1) is 13.1. The first-order valence-corrected chi connectivity index (χ1v) is 9.29. The van der Waals surface area contributed by atoms with Crippen molar-refractivity contribution in [2.75, 3.05) is 11.4 Å². The summed E-state index contributed by atoms with van der Waals surface area (Å²) in [4.78, 5) is 6.87. The molecule has 4 aromatic rings. The third kappa shape index (κ3) is 2.33. The van der Waals surface area contributed by atoms with Crippen molar-refractivity contribution in [2.24, 2.45) is 0 Å².